The first-order valence-electron chi connectivity index (χ1n) is 20.2. The van der Waals surface area contributed by atoms with Gasteiger partial charge in [-0.1, -0.05) is 57.2 Å². The van der Waals surface area contributed by atoms with Crippen molar-refractivity contribution in [1.29, 1.82) is 0 Å². The fourth-order valence-electron chi connectivity index (χ4n) is 7.58. The minimum atomic E-state index is -3.94. The van der Waals surface area contributed by atoms with Crippen LogP contribution in [0.25, 0.3) is 22.2 Å². The van der Waals surface area contributed by atoms with E-state index in [1.807, 2.05) is 67.5 Å². The highest BCUT2D eigenvalue weighted by atomic mass is 32.2. The van der Waals surface area contributed by atoms with E-state index >= 15 is 0 Å². The van der Waals surface area contributed by atoms with Crippen molar-refractivity contribution in [1.82, 2.24) is 19.9 Å². The van der Waals surface area contributed by atoms with E-state index in [1.165, 1.54) is 11.0 Å². The van der Waals surface area contributed by atoms with Crippen LogP contribution in [0, 0.1) is 11.3 Å². The molecular weight excluding hydrogens is 801 g/mol. The molecule has 61 heavy (non-hydrogen) atoms. The molecule has 15 nitrogen and oxygen atoms in total. The number of benzene rings is 3. The van der Waals surface area contributed by atoms with Gasteiger partial charge in [0, 0.05) is 66.3 Å². The Morgan fingerprint density at radius 1 is 1.00 bits per heavy atom. The first-order valence-corrected chi connectivity index (χ1v) is 21.7. The van der Waals surface area contributed by atoms with E-state index in [9.17, 15) is 27.6 Å². The molecule has 1 aromatic heterocycles. The Hall–Kier alpha value is -6.16. The van der Waals surface area contributed by atoms with E-state index in [-0.39, 0.29) is 19.4 Å². The summed E-state index contributed by atoms with van der Waals surface area (Å²) in [5, 5.41) is 5.51. The first kappa shape index (κ1) is 42.9. The van der Waals surface area contributed by atoms with E-state index in [1.54, 1.807) is 58.2 Å². The van der Waals surface area contributed by atoms with Gasteiger partial charge in [-0.2, -0.15) is 0 Å². The molecule has 2 unspecified atom stereocenters. The highest BCUT2D eigenvalue weighted by molar-refractivity contribution is 7.91. The van der Waals surface area contributed by atoms with Gasteiger partial charge >= 0.3 is 6.09 Å². The number of likely N-dealkylation sites (tertiary alicyclic amines) is 1. The van der Waals surface area contributed by atoms with Crippen molar-refractivity contribution < 1.29 is 41.8 Å². The van der Waals surface area contributed by atoms with Gasteiger partial charge in [0.05, 0.1) is 30.1 Å². The van der Waals surface area contributed by atoms with Gasteiger partial charge in [-0.25, -0.2) is 18.2 Å². The molecular formula is C45H52N6O9S. The molecule has 4 aromatic rings. The normalized spacial score (nSPS) is 21.5. The van der Waals surface area contributed by atoms with Crippen molar-refractivity contribution >= 4 is 56.1 Å². The molecule has 1 saturated heterocycles. The third-order valence-electron chi connectivity index (χ3n) is 11.3. The summed E-state index contributed by atoms with van der Waals surface area (Å²) < 4.78 is 45.9. The Morgan fingerprint density at radius 3 is 2.31 bits per heavy atom. The maximum atomic E-state index is 14.8. The number of nitrogens with zero attached hydrogens (tertiary/aromatic N) is 3. The van der Waals surface area contributed by atoms with Gasteiger partial charge in [0.2, 0.25) is 15.9 Å². The quantitative estimate of drug-likeness (QED) is 0.133. The molecule has 0 spiro atoms. The van der Waals surface area contributed by atoms with Gasteiger partial charge in [-0.15, -0.1) is 6.58 Å². The lowest BCUT2D eigenvalue weighted by Gasteiger charge is -2.34. The summed E-state index contributed by atoms with van der Waals surface area (Å²) in [6.07, 6.45) is -0.526. The van der Waals surface area contributed by atoms with E-state index in [0.717, 1.165) is 11.3 Å². The second kappa shape index (κ2) is 16.7. The zero-order chi connectivity index (χ0) is 43.9. The smallest absolute Gasteiger partial charge is 0.412 e. The van der Waals surface area contributed by atoms with Crippen molar-refractivity contribution in [2.45, 2.75) is 75.5 Å². The molecule has 16 heteroatoms. The lowest BCUT2D eigenvalue weighted by molar-refractivity contribution is -0.150. The highest BCUT2D eigenvalue weighted by Gasteiger charge is 2.62. The molecule has 5 atom stereocenters. The second-order valence-electron chi connectivity index (χ2n) is 17.1. The van der Waals surface area contributed by atoms with Gasteiger partial charge < -0.3 is 29.3 Å². The third-order valence-corrected chi connectivity index (χ3v) is 13.1. The highest BCUT2D eigenvalue weighted by Crippen LogP contribution is 2.46. The Balaban J connectivity index is 1.20. The van der Waals surface area contributed by atoms with Gasteiger partial charge in [0.15, 0.2) is 6.10 Å². The predicted octanol–water partition coefficient (Wildman–Crippen LogP) is 5.66. The number of ether oxygens (including phenoxy) is 3. The van der Waals surface area contributed by atoms with Gasteiger partial charge in [0.1, 0.15) is 29.2 Å². The molecule has 3 fully saturated rings. The van der Waals surface area contributed by atoms with Crippen LogP contribution in [0.1, 0.15) is 46.5 Å². The SMILES string of the molecule is C=C[C@@H]1CC1(NC(=O)[C@@H]1CC(Oc2cc(-c3ccccc3)nc3cc(OC)ccc23)CN1C(=O)[C@@H](OC(=O)Nc1ccc(N(C)C)cc1)C(C)(C)C)C(=O)NS(=O)(=O)C1CC1. The number of amides is 4. The molecule has 1 aliphatic heterocycles. The Labute approximate surface area is 355 Å². The van der Waals surface area contributed by atoms with E-state index in [0.29, 0.717) is 46.6 Å². The number of anilines is 2. The molecule has 3 aromatic carbocycles. The van der Waals surface area contributed by atoms with Crippen molar-refractivity contribution in [2.24, 2.45) is 11.3 Å². The number of carbonyl (C=O) groups is 4. The van der Waals surface area contributed by atoms with Crippen LogP contribution in [-0.4, -0.2) is 98.9 Å². The first-order chi connectivity index (χ1) is 28.9. The average molecular weight is 853 g/mol. The third kappa shape index (κ3) is 9.28. The molecule has 2 saturated carbocycles. The summed E-state index contributed by atoms with van der Waals surface area (Å²) in [5.74, 6) is -1.73. The average Bonchev–Trinajstić information content (AvgIpc) is 4.16. The Morgan fingerprint density at radius 2 is 1.70 bits per heavy atom. The lowest BCUT2D eigenvalue weighted by Crippen LogP contribution is -2.58. The van der Waals surface area contributed by atoms with Gasteiger partial charge in [-0.3, -0.25) is 24.4 Å². The summed E-state index contributed by atoms with van der Waals surface area (Å²) in [5.41, 5.74) is 0.882. The van der Waals surface area contributed by atoms with Crippen LogP contribution in [0.3, 0.4) is 0 Å². The number of hydrogen-bond donors (Lipinski definition) is 3. The number of carbonyl (C=O) groups excluding carboxylic acids is 4. The maximum absolute atomic E-state index is 14.8. The predicted molar refractivity (Wildman–Crippen MR) is 232 cm³/mol. The number of rotatable bonds is 14. The lowest BCUT2D eigenvalue weighted by atomic mass is 9.88. The molecule has 3 aliphatic rings. The van der Waals surface area contributed by atoms with Crippen LogP contribution >= 0.6 is 0 Å². The number of pyridine rings is 1. The number of aromatic nitrogens is 1. The molecule has 4 amide bonds. The van der Waals surface area contributed by atoms with Crippen LogP contribution in [-0.2, 0) is 29.1 Å². The summed E-state index contributed by atoms with van der Waals surface area (Å²) in [6, 6.07) is 22.6. The van der Waals surface area contributed by atoms with Crippen LogP contribution in [0.4, 0.5) is 16.2 Å². The fourth-order valence-corrected chi connectivity index (χ4v) is 8.94. The summed E-state index contributed by atoms with van der Waals surface area (Å²) >= 11 is 0. The van der Waals surface area contributed by atoms with Crippen molar-refractivity contribution in [3.05, 3.63) is 91.5 Å². The Bertz CT molecular complexity index is 2450. The van der Waals surface area contributed by atoms with Crippen LogP contribution in [0.15, 0.2) is 91.5 Å². The van der Waals surface area contributed by atoms with E-state index in [2.05, 4.69) is 21.9 Å². The molecule has 0 radical (unpaired) electrons. The summed E-state index contributed by atoms with van der Waals surface area (Å²) in [4.78, 5) is 64.6. The van der Waals surface area contributed by atoms with Crippen molar-refractivity contribution in [3.63, 3.8) is 0 Å². The number of hydrogen-bond acceptors (Lipinski definition) is 11. The molecule has 0 bridgehead atoms. The van der Waals surface area contributed by atoms with E-state index < -0.39 is 74.2 Å². The van der Waals surface area contributed by atoms with Gasteiger partial charge in [0.25, 0.3) is 11.8 Å². The molecule has 2 aliphatic carbocycles. The van der Waals surface area contributed by atoms with Crippen LogP contribution in [0.2, 0.25) is 0 Å². The van der Waals surface area contributed by atoms with Gasteiger partial charge in [-0.05, 0) is 55.7 Å². The molecule has 2 heterocycles. The van der Waals surface area contributed by atoms with E-state index in [4.69, 9.17) is 19.2 Å². The number of nitrogens with one attached hydrogen (secondary N) is 3. The summed E-state index contributed by atoms with van der Waals surface area (Å²) in [6.45, 7) is 8.94. The number of sulfonamides is 1. The minimum absolute atomic E-state index is 0.0175. The van der Waals surface area contributed by atoms with Crippen LogP contribution < -0.4 is 29.7 Å². The fraction of sp³-hybridized carbons (Fsp3) is 0.400. The Kier molecular flexibility index (Phi) is 11.8. The summed E-state index contributed by atoms with van der Waals surface area (Å²) in [7, 11) is 1.42. The largest absolute Gasteiger partial charge is 0.497 e. The molecule has 3 N–H and O–H groups in total. The zero-order valence-corrected chi connectivity index (χ0v) is 36.0. The molecule has 322 valence electrons. The number of fused-ring (bicyclic) bond motifs is 1. The zero-order valence-electron chi connectivity index (χ0n) is 35.1. The topological polar surface area (TPSA) is 186 Å². The monoisotopic (exact) mass is 852 g/mol. The van der Waals surface area contributed by atoms with Crippen molar-refractivity contribution in [3.8, 4) is 22.8 Å². The molecule has 7 rings (SSSR count). The van der Waals surface area contributed by atoms with Crippen LogP contribution in [0.5, 0.6) is 11.5 Å². The van der Waals surface area contributed by atoms with Crippen molar-refractivity contribution in [2.75, 3.05) is 38.0 Å². The standard InChI is InChI=1S/C45H52N6O9S/c1-8-28-25-45(28,42(54)49-61(56,57)33-19-20-33)48-40(52)37-23-32(59-38-24-35(27-12-10-9-11-13-27)47-36-22-31(58-7)18-21-34(36)38)26-51(37)41(53)39(44(2,3)4)60-43(55)46-29-14-16-30(17-15-29)50(5)6/h8-18,21-22,24,28,32-33,37,39H,1,19-20,23,25-26H2,2-7H3,(H,46,55)(H,48,52)(H,49,54)/t28-,32?,37+,39-,45?/m1/s1. The minimum Gasteiger partial charge on any atom is -0.497 e. The maximum Gasteiger partial charge on any atom is 0.412 e. The number of methoxy groups -OCH3 is 1. The second-order valence-corrected chi connectivity index (χ2v) is 19.1.